The van der Waals surface area contributed by atoms with E-state index in [1.54, 1.807) is 0 Å². The molecule has 0 radical (unpaired) electrons. The zero-order valence-corrected chi connectivity index (χ0v) is 10.9. The van der Waals surface area contributed by atoms with Crippen LogP contribution in [0.5, 0.6) is 0 Å². The second-order valence-electron chi connectivity index (χ2n) is 3.37. The highest BCUT2D eigenvalue weighted by atomic mass is 35.5. The Morgan fingerprint density at radius 2 is 2.00 bits per heavy atom. The minimum atomic E-state index is 0.474. The number of hydrogen-bond donors (Lipinski definition) is 1. The fraction of sp³-hybridized carbons (Fsp3) is 0.273. The number of halogens is 1. The van der Waals surface area contributed by atoms with Gasteiger partial charge in [0, 0.05) is 12.1 Å². The maximum absolute atomic E-state index is 5.80. The molecule has 0 aliphatic heterocycles. The largest absolute Gasteiger partial charge is 0.370 e. The molecule has 0 saturated heterocycles. The number of aromatic nitrogens is 2. The SMILES string of the molecule is CNc1nnc(COCc2ccc(Cl)cc2)s1. The van der Waals surface area contributed by atoms with Gasteiger partial charge in [-0.2, -0.15) is 0 Å². The number of hydrogen-bond acceptors (Lipinski definition) is 5. The van der Waals surface area contributed by atoms with E-state index in [1.807, 2.05) is 31.3 Å². The van der Waals surface area contributed by atoms with Gasteiger partial charge in [0.15, 0.2) is 0 Å². The predicted molar refractivity (Wildman–Crippen MR) is 69.4 cm³/mol. The maximum atomic E-state index is 5.80. The third-order valence-electron chi connectivity index (χ3n) is 2.09. The van der Waals surface area contributed by atoms with Crippen molar-refractivity contribution in [3.63, 3.8) is 0 Å². The monoisotopic (exact) mass is 269 g/mol. The zero-order valence-electron chi connectivity index (χ0n) is 9.31. The molecule has 0 atom stereocenters. The van der Waals surface area contributed by atoms with Crippen LogP contribution in [0.3, 0.4) is 0 Å². The average molecular weight is 270 g/mol. The molecule has 6 heteroatoms. The third kappa shape index (κ3) is 3.66. The molecule has 1 heterocycles. The van der Waals surface area contributed by atoms with Crippen LogP contribution in [0, 0.1) is 0 Å². The first-order valence-electron chi connectivity index (χ1n) is 5.10. The fourth-order valence-electron chi connectivity index (χ4n) is 1.25. The van der Waals surface area contributed by atoms with Gasteiger partial charge in [-0.25, -0.2) is 0 Å². The number of ether oxygens (including phenoxy) is 1. The van der Waals surface area contributed by atoms with Crippen molar-refractivity contribution in [1.29, 1.82) is 0 Å². The predicted octanol–water partition coefficient (Wildman–Crippen LogP) is 2.95. The van der Waals surface area contributed by atoms with Gasteiger partial charge in [-0.3, -0.25) is 0 Å². The molecule has 0 bridgehead atoms. The van der Waals surface area contributed by atoms with Crippen LogP contribution in [0.4, 0.5) is 5.13 Å². The van der Waals surface area contributed by atoms with E-state index < -0.39 is 0 Å². The summed E-state index contributed by atoms with van der Waals surface area (Å²) < 4.78 is 5.54. The van der Waals surface area contributed by atoms with E-state index in [-0.39, 0.29) is 0 Å². The molecule has 4 nitrogen and oxygen atoms in total. The minimum absolute atomic E-state index is 0.474. The van der Waals surface area contributed by atoms with Crippen molar-refractivity contribution in [2.24, 2.45) is 0 Å². The smallest absolute Gasteiger partial charge is 0.205 e. The summed E-state index contributed by atoms with van der Waals surface area (Å²) in [5, 5.41) is 13.3. The molecule has 2 rings (SSSR count). The Labute approximate surface area is 109 Å². The van der Waals surface area contributed by atoms with E-state index in [4.69, 9.17) is 16.3 Å². The molecule has 0 aliphatic carbocycles. The van der Waals surface area contributed by atoms with Gasteiger partial charge in [0.25, 0.3) is 0 Å². The third-order valence-corrected chi connectivity index (χ3v) is 3.25. The van der Waals surface area contributed by atoms with Crippen LogP contribution in [0.25, 0.3) is 0 Å². The van der Waals surface area contributed by atoms with Crippen LogP contribution in [0.2, 0.25) is 5.02 Å². The maximum Gasteiger partial charge on any atom is 0.205 e. The minimum Gasteiger partial charge on any atom is -0.370 e. The molecular weight excluding hydrogens is 258 g/mol. The van der Waals surface area contributed by atoms with Gasteiger partial charge in [-0.1, -0.05) is 35.1 Å². The van der Waals surface area contributed by atoms with Crippen molar-refractivity contribution >= 4 is 28.1 Å². The molecule has 0 unspecified atom stereocenters. The molecular formula is C11H12ClN3OS. The molecule has 0 fully saturated rings. The van der Waals surface area contributed by atoms with Crippen molar-refractivity contribution < 1.29 is 4.74 Å². The normalized spacial score (nSPS) is 10.5. The molecule has 1 N–H and O–H groups in total. The summed E-state index contributed by atoms with van der Waals surface area (Å²) in [5.74, 6) is 0. The lowest BCUT2D eigenvalue weighted by Gasteiger charge is -2.01. The molecule has 0 aliphatic rings. The molecule has 2 aromatic rings. The summed E-state index contributed by atoms with van der Waals surface area (Å²) >= 11 is 7.29. The van der Waals surface area contributed by atoms with Gasteiger partial charge in [-0.15, -0.1) is 10.2 Å². The summed E-state index contributed by atoms with van der Waals surface area (Å²) in [6.07, 6.45) is 0. The van der Waals surface area contributed by atoms with Crippen LogP contribution in [0.1, 0.15) is 10.6 Å². The number of rotatable bonds is 5. The Morgan fingerprint density at radius 3 is 2.65 bits per heavy atom. The van der Waals surface area contributed by atoms with E-state index in [9.17, 15) is 0 Å². The van der Waals surface area contributed by atoms with E-state index >= 15 is 0 Å². The van der Waals surface area contributed by atoms with Gasteiger partial charge < -0.3 is 10.1 Å². The summed E-state index contributed by atoms with van der Waals surface area (Å²) in [6, 6.07) is 7.59. The quantitative estimate of drug-likeness (QED) is 0.907. The Kier molecular flexibility index (Phi) is 4.30. The number of nitrogens with one attached hydrogen (secondary N) is 1. The van der Waals surface area contributed by atoms with E-state index in [1.165, 1.54) is 11.3 Å². The fourth-order valence-corrected chi connectivity index (χ4v) is 2.01. The first kappa shape index (κ1) is 12.3. The second-order valence-corrected chi connectivity index (χ2v) is 4.87. The van der Waals surface area contributed by atoms with Crippen LogP contribution >= 0.6 is 22.9 Å². The highest BCUT2D eigenvalue weighted by Gasteiger charge is 2.02. The lowest BCUT2D eigenvalue weighted by molar-refractivity contribution is 0.106. The Hall–Kier alpha value is -1.17. The number of anilines is 1. The van der Waals surface area contributed by atoms with Crippen molar-refractivity contribution in [1.82, 2.24) is 10.2 Å². The van der Waals surface area contributed by atoms with Gasteiger partial charge in [0.2, 0.25) is 5.13 Å². The van der Waals surface area contributed by atoms with Crippen LogP contribution < -0.4 is 5.32 Å². The van der Waals surface area contributed by atoms with Crippen molar-refractivity contribution in [2.45, 2.75) is 13.2 Å². The van der Waals surface area contributed by atoms with Crippen LogP contribution in [0.15, 0.2) is 24.3 Å². The van der Waals surface area contributed by atoms with Crippen LogP contribution in [-0.4, -0.2) is 17.2 Å². The van der Waals surface area contributed by atoms with Gasteiger partial charge >= 0.3 is 0 Å². The molecule has 1 aromatic heterocycles. The second kappa shape index (κ2) is 5.95. The Bertz CT molecular complexity index is 472. The highest BCUT2D eigenvalue weighted by Crippen LogP contribution is 2.16. The molecule has 0 saturated carbocycles. The zero-order chi connectivity index (χ0) is 12.1. The van der Waals surface area contributed by atoms with Gasteiger partial charge in [0.1, 0.15) is 11.6 Å². The van der Waals surface area contributed by atoms with Gasteiger partial charge in [-0.05, 0) is 17.7 Å². The average Bonchev–Trinajstić information content (AvgIpc) is 2.80. The van der Waals surface area contributed by atoms with Crippen molar-refractivity contribution in [3.8, 4) is 0 Å². The van der Waals surface area contributed by atoms with Crippen LogP contribution in [-0.2, 0) is 18.0 Å². The highest BCUT2D eigenvalue weighted by molar-refractivity contribution is 7.15. The summed E-state index contributed by atoms with van der Waals surface area (Å²) in [6.45, 7) is 1.02. The molecule has 90 valence electrons. The molecule has 0 spiro atoms. The Morgan fingerprint density at radius 1 is 1.24 bits per heavy atom. The molecule has 17 heavy (non-hydrogen) atoms. The standard InChI is InChI=1S/C11H12ClN3OS/c1-13-11-15-14-10(17-11)7-16-6-8-2-4-9(12)5-3-8/h2-5H,6-7H2,1H3,(H,13,15). The lowest BCUT2D eigenvalue weighted by atomic mass is 10.2. The summed E-state index contributed by atoms with van der Waals surface area (Å²) in [5.41, 5.74) is 1.09. The lowest BCUT2D eigenvalue weighted by Crippen LogP contribution is -1.93. The molecule has 1 aromatic carbocycles. The van der Waals surface area contributed by atoms with E-state index in [2.05, 4.69) is 15.5 Å². The summed E-state index contributed by atoms with van der Waals surface area (Å²) in [4.78, 5) is 0. The van der Waals surface area contributed by atoms with E-state index in [0.717, 1.165) is 20.7 Å². The first-order valence-corrected chi connectivity index (χ1v) is 6.29. The van der Waals surface area contributed by atoms with Crippen molar-refractivity contribution in [3.05, 3.63) is 39.9 Å². The topological polar surface area (TPSA) is 47.0 Å². The number of benzene rings is 1. The number of nitrogens with zero attached hydrogens (tertiary/aromatic N) is 2. The van der Waals surface area contributed by atoms with Crippen molar-refractivity contribution in [2.75, 3.05) is 12.4 Å². The summed E-state index contributed by atoms with van der Waals surface area (Å²) in [7, 11) is 1.82. The Balaban J connectivity index is 1.81. The van der Waals surface area contributed by atoms with Gasteiger partial charge in [0.05, 0.1) is 6.61 Å². The van der Waals surface area contributed by atoms with E-state index in [0.29, 0.717) is 13.2 Å². The molecule has 0 amide bonds. The first-order chi connectivity index (χ1) is 8.28.